The molecule has 1 aromatic carbocycles. The van der Waals surface area contributed by atoms with Crippen molar-refractivity contribution in [3.05, 3.63) is 35.4 Å². The lowest BCUT2D eigenvalue weighted by atomic mass is 9.96. The highest BCUT2D eigenvalue weighted by atomic mass is 16.4. The summed E-state index contributed by atoms with van der Waals surface area (Å²) in [6, 6.07) is 6.54. The molecule has 0 spiro atoms. The summed E-state index contributed by atoms with van der Waals surface area (Å²) >= 11 is 0. The summed E-state index contributed by atoms with van der Waals surface area (Å²) < 4.78 is 0. The zero-order chi connectivity index (χ0) is 17.5. The summed E-state index contributed by atoms with van der Waals surface area (Å²) in [5.41, 5.74) is 0.660. The molecule has 1 unspecified atom stereocenters. The molecule has 130 valence electrons. The molecule has 1 saturated heterocycles. The Morgan fingerprint density at radius 1 is 1.29 bits per heavy atom. The lowest BCUT2D eigenvalue weighted by Gasteiger charge is -2.32. The molecule has 0 saturated carbocycles. The fraction of sp³-hybridized carbons (Fsp3) is 0.500. The Morgan fingerprint density at radius 3 is 2.75 bits per heavy atom. The van der Waals surface area contributed by atoms with Crippen LogP contribution in [0.15, 0.2) is 24.3 Å². The smallest absolute Gasteiger partial charge is 0.335 e. The van der Waals surface area contributed by atoms with Crippen molar-refractivity contribution >= 4 is 17.8 Å². The zero-order valence-corrected chi connectivity index (χ0v) is 14.0. The van der Waals surface area contributed by atoms with Crippen molar-refractivity contribution in [2.75, 3.05) is 19.6 Å². The SMILES string of the molecule is CCCNC(=O)C1CCCN(C(=O)Cc2ccccc2C(=O)O)C1. The topological polar surface area (TPSA) is 86.7 Å². The third-order valence-corrected chi connectivity index (χ3v) is 4.28. The van der Waals surface area contributed by atoms with Gasteiger partial charge in [-0.25, -0.2) is 4.79 Å². The fourth-order valence-corrected chi connectivity index (χ4v) is 2.97. The van der Waals surface area contributed by atoms with Crippen molar-refractivity contribution in [3.63, 3.8) is 0 Å². The van der Waals surface area contributed by atoms with E-state index >= 15 is 0 Å². The van der Waals surface area contributed by atoms with E-state index in [0.717, 1.165) is 19.3 Å². The van der Waals surface area contributed by atoms with E-state index in [1.165, 1.54) is 6.07 Å². The first-order valence-electron chi connectivity index (χ1n) is 8.39. The van der Waals surface area contributed by atoms with Gasteiger partial charge in [0.2, 0.25) is 11.8 Å². The van der Waals surface area contributed by atoms with Crippen LogP contribution in [0.25, 0.3) is 0 Å². The quantitative estimate of drug-likeness (QED) is 0.830. The number of piperidine rings is 1. The molecule has 0 bridgehead atoms. The van der Waals surface area contributed by atoms with Gasteiger partial charge in [0.1, 0.15) is 0 Å². The number of likely N-dealkylation sites (tertiary alicyclic amines) is 1. The molecule has 1 atom stereocenters. The second-order valence-corrected chi connectivity index (χ2v) is 6.11. The van der Waals surface area contributed by atoms with Gasteiger partial charge in [-0.05, 0) is 30.9 Å². The van der Waals surface area contributed by atoms with Crippen molar-refractivity contribution in [3.8, 4) is 0 Å². The minimum atomic E-state index is -1.03. The van der Waals surface area contributed by atoms with E-state index in [4.69, 9.17) is 0 Å². The number of carbonyl (C=O) groups is 3. The number of carboxylic acid groups (broad SMARTS) is 1. The molecule has 24 heavy (non-hydrogen) atoms. The maximum absolute atomic E-state index is 12.5. The number of nitrogens with zero attached hydrogens (tertiary/aromatic N) is 1. The first-order chi connectivity index (χ1) is 11.5. The lowest BCUT2D eigenvalue weighted by Crippen LogP contribution is -2.46. The number of hydrogen-bond donors (Lipinski definition) is 2. The van der Waals surface area contributed by atoms with Gasteiger partial charge in [-0.2, -0.15) is 0 Å². The first kappa shape index (κ1) is 18.0. The Balaban J connectivity index is 2.00. The summed E-state index contributed by atoms with van der Waals surface area (Å²) in [7, 11) is 0. The zero-order valence-electron chi connectivity index (χ0n) is 14.0. The number of amides is 2. The standard InChI is InChI=1S/C18H24N2O4/c1-2-9-19-17(22)14-7-5-10-20(12-14)16(21)11-13-6-3-4-8-15(13)18(23)24/h3-4,6,8,14H,2,5,7,9-12H2,1H3,(H,19,22)(H,23,24). The number of benzene rings is 1. The van der Waals surface area contributed by atoms with E-state index < -0.39 is 5.97 Å². The molecular weight excluding hydrogens is 308 g/mol. The van der Waals surface area contributed by atoms with Crippen LogP contribution < -0.4 is 5.32 Å². The number of nitrogens with one attached hydrogen (secondary N) is 1. The summed E-state index contributed by atoms with van der Waals surface area (Å²) in [4.78, 5) is 37.5. The van der Waals surface area contributed by atoms with Gasteiger partial charge in [0.25, 0.3) is 0 Å². The summed E-state index contributed by atoms with van der Waals surface area (Å²) in [6.45, 7) is 3.67. The van der Waals surface area contributed by atoms with Crippen LogP contribution in [0.2, 0.25) is 0 Å². The third kappa shape index (κ3) is 4.57. The molecule has 0 aliphatic carbocycles. The molecule has 2 N–H and O–H groups in total. The Labute approximate surface area is 141 Å². The summed E-state index contributed by atoms with van der Waals surface area (Å²) in [6.07, 6.45) is 2.50. The van der Waals surface area contributed by atoms with E-state index in [9.17, 15) is 19.5 Å². The van der Waals surface area contributed by atoms with Crippen LogP contribution in [0.5, 0.6) is 0 Å². The van der Waals surface area contributed by atoms with Crippen molar-refractivity contribution in [2.45, 2.75) is 32.6 Å². The molecule has 0 aromatic heterocycles. The molecule has 1 heterocycles. The molecule has 1 fully saturated rings. The predicted molar refractivity (Wildman–Crippen MR) is 89.7 cm³/mol. The monoisotopic (exact) mass is 332 g/mol. The molecule has 1 aliphatic rings. The highest BCUT2D eigenvalue weighted by Crippen LogP contribution is 2.19. The van der Waals surface area contributed by atoms with Crippen molar-refractivity contribution in [1.29, 1.82) is 0 Å². The first-order valence-corrected chi connectivity index (χ1v) is 8.39. The average molecular weight is 332 g/mol. The molecule has 0 radical (unpaired) electrons. The average Bonchev–Trinajstić information content (AvgIpc) is 2.60. The molecule has 1 aromatic rings. The van der Waals surface area contributed by atoms with Crippen LogP contribution in [0.1, 0.15) is 42.1 Å². The van der Waals surface area contributed by atoms with E-state index in [2.05, 4.69) is 5.32 Å². The van der Waals surface area contributed by atoms with Crippen LogP contribution in [0.3, 0.4) is 0 Å². The van der Waals surface area contributed by atoms with E-state index in [-0.39, 0.29) is 29.7 Å². The number of carbonyl (C=O) groups excluding carboxylic acids is 2. The Kier molecular flexibility index (Phi) is 6.35. The molecular formula is C18H24N2O4. The van der Waals surface area contributed by atoms with Gasteiger partial charge in [0, 0.05) is 19.6 Å². The molecule has 1 aliphatic heterocycles. The van der Waals surface area contributed by atoms with Crippen LogP contribution in [0, 0.1) is 5.92 Å². The Hall–Kier alpha value is -2.37. The van der Waals surface area contributed by atoms with Crippen LogP contribution >= 0.6 is 0 Å². The molecule has 2 rings (SSSR count). The highest BCUT2D eigenvalue weighted by Gasteiger charge is 2.28. The van der Waals surface area contributed by atoms with Gasteiger partial charge in [0.05, 0.1) is 17.9 Å². The van der Waals surface area contributed by atoms with Crippen molar-refractivity contribution < 1.29 is 19.5 Å². The van der Waals surface area contributed by atoms with Crippen LogP contribution in [0.4, 0.5) is 0 Å². The summed E-state index contributed by atoms with van der Waals surface area (Å²) in [5, 5.41) is 12.1. The largest absolute Gasteiger partial charge is 0.478 e. The minimum absolute atomic E-state index is 0.000265. The predicted octanol–water partition coefficient (Wildman–Crippen LogP) is 1.69. The number of rotatable bonds is 6. The second kappa shape index (κ2) is 8.47. The second-order valence-electron chi connectivity index (χ2n) is 6.11. The van der Waals surface area contributed by atoms with Gasteiger partial charge in [-0.3, -0.25) is 9.59 Å². The van der Waals surface area contributed by atoms with Crippen LogP contribution in [-0.4, -0.2) is 47.4 Å². The van der Waals surface area contributed by atoms with Crippen molar-refractivity contribution in [2.24, 2.45) is 5.92 Å². The van der Waals surface area contributed by atoms with Gasteiger partial charge in [-0.15, -0.1) is 0 Å². The normalized spacial score (nSPS) is 17.4. The third-order valence-electron chi connectivity index (χ3n) is 4.28. The van der Waals surface area contributed by atoms with E-state index in [1.807, 2.05) is 6.92 Å². The van der Waals surface area contributed by atoms with Crippen LogP contribution in [-0.2, 0) is 16.0 Å². The maximum atomic E-state index is 12.5. The van der Waals surface area contributed by atoms with Gasteiger partial charge in [0.15, 0.2) is 0 Å². The lowest BCUT2D eigenvalue weighted by molar-refractivity contribution is -0.135. The minimum Gasteiger partial charge on any atom is -0.478 e. The van der Waals surface area contributed by atoms with Gasteiger partial charge < -0.3 is 15.3 Å². The Morgan fingerprint density at radius 2 is 2.04 bits per heavy atom. The number of carboxylic acids is 1. The summed E-state index contributed by atoms with van der Waals surface area (Å²) in [5.74, 6) is -1.34. The number of hydrogen-bond acceptors (Lipinski definition) is 3. The Bertz CT molecular complexity index is 615. The molecule has 2 amide bonds. The highest BCUT2D eigenvalue weighted by molar-refractivity contribution is 5.91. The number of aromatic carboxylic acids is 1. The molecule has 6 heteroatoms. The fourth-order valence-electron chi connectivity index (χ4n) is 2.97. The van der Waals surface area contributed by atoms with E-state index in [1.54, 1.807) is 23.1 Å². The van der Waals surface area contributed by atoms with Gasteiger partial charge in [-0.1, -0.05) is 25.1 Å². The maximum Gasteiger partial charge on any atom is 0.335 e. The molecule has 6 nitrogen and oxygen atoms in total. The van der Waals surface area contributed by atoms with Gasteiger partial charge >= 0.3 is 5.97 Å². The van der Waals surface area contributed by atoms with E-state index in [0.29, 0.717) is 25.2 Å². The van der Waals surface area contributed by atoms with Crippen molar-refractivity contribution in [1.82, 2.24) is 10.2 Å².